The second-order valence-corrected chi connectivity index (χ2v) is 6.67. The average Bonchev–Trinajstić information content (AvgIpc) is 3.25. The van der Waals surface area contributed by atoms with Crippen LogP contribution in [0.1, 0.15) is 65.7 Å². The Labute approximate surface area is 130 Å². The van der Waals surface area contributed by atoms with Crippen molar-refractivity contribution in [1.82, 2.24) is 5.32 Å². The standard InChI is InChI=1S/C17H33NO3/c1-5-8-14(2)13-21-12-7-6-11-17(3,16(19)20-4)18-15-9-10-15/h14-15,18H,5-13H2,1-4H3. The van der Waals surface area contributed by atoms with E-state index in [1.807, 2.05) is 6.92 Å². The second-order valence-electron chi connectivity index (χ2n) is 6.67. The number of esters is 1. The van der Waals surface area contributed by atoms with E-state index in [1.165, 1.54) is 32.8 Å². The highest BCUT2D eigenvalue weighted by Gasteiger charge is 2.38. The molecule has 0 aromatic carbocycles. The Hall–Kier alpha value is -0.610. The van der Waals surface area contributed by atoms with Gasteiger partial charge in [-0.1, -0.05) is 20.3 Å². The van der Waals surface area contributed by atoms with E-state index in [4.69, 9.17) is 9.47 Å². The van der Waals surface area contributed by atoms with E-state index >= 15 is 0 Å². The first-order valence-corrected chi connectivity index (χ1v) is 8.45. The van der Waals surface area contributed by atoms with Crippen LogP contribution in [0.25, 0.3) is 0 Å². The third-order valence-electron chi connectivity index (χ3n) is 4.14. The van der Waals surface area contributed by atoms with Gasteiger partial charge in [-0.3, -0.25) is 10.1 Å². The monoisotopic (exact) mass is 299 g/mol. The van der Waals surface area contributed by atoms with Crippen molar-refractivity contribution < 1.29 is 14.3 Å². The van der Waals surface area contributed by atoms with Gasteiger partial charge in [0.2, 0.25) is 0 Å². The molecule has 0 aromatic heterocycles. The summed E-state index contributed by atoms with van der Waals surface area (Å²) in [4.78, 5) is 12.0. The van der Waals surface area contributed by atoms with Crippen molar-refractivity contribution in [2.24, 2.45) is 5.92 Å². The van der Waals surface area contributed by atoms with Crippen LogP contribution in [-0.2, 0) is 14.3 Å². The van der Waals surface area contributed by atoms with E-state index in [-0.39, 0.29) is 5.97 Å². The molecule has 124 valence electrons. The van der Waals surface area contributed by atoms with Gasteiger partial charge in [0.15, 0.2) is 0 Å². The number of ether oxygens (including phenoxy) is 2. The van der Waals surface area contributed by atoms with Gasteiger partial charge in [0, 0.05) is 19.3 Å². The number of methoxy groups -OCH3 is 1. The normalized spacial score (nSPS) is 19.0. The summed E-state index contributed by atoms with van der Waals surface area (Å²) >= 11 is 0. The Kier molecular flexibility index (Phi) is 8.27. The van der Waals surface area contributed by atoms with Crippen LogP contribution in [0.15, 0.2) is 0 Å². The largest absolute Gasteiger partial charge is 0.468 e. The summed E-state index contributed by atoms with van der Waals surface area (Å²) < 4.78 is 10.7. The molecule has 1 saturated carbocycles. The number of nitrogens with one attached hydrogen (secondary N) is 1. The van der Waals surface area contributed by atoms with Crippen LogP contribution in [0.4, 0.5) is 0 Å². The number of hydrogen-bond acceptors (Lipinski definition) is 4. The molecule has 2 unspecified atom stereocenters. The van der Waals surface area contributed by atoms with Gasteiger partial charge in [-0.15, -0.1) is 0 Å². The minimum absolute atomic E-state index is 0.146. The Bertz CT molecular complexity index is 304. The van der Waals surface area contributed by atoms with E-state index in [0.717, 1.165) is 32.5 Å². The summed E-state index contributed by atoms with van der Waals surface area (Å²) in [5.74, 6) is 0.499. The van der Waals surface area contributed by atoms with Crippen LogP contribution in [0, 0.1) is 5.92 Å². The lowest BCUT2D eigenvalue weighted by Crippen LogP contribution is -2.51. The topological polar surface area (TPSA) is 47.6 Å². The number of hydrogen-bond donors (Lipinski definition) is 1. The Morgan fingerprint density at radius 1 is 1.38 bits per heavy atom. The van der Waals surface area contributed by atoms with Gasteiger partial charge in [-0.25, -0.2) is 0 Å². The number of carbonyl (C=O) groups is 1. The van der Waals surface area contributed by atoms with Gasteiger partial charge in [0.05, 0.1) is 7.11 Å². The number of rotatable bonds is 12. The van der Waals surface area contributed by atoms with E-state index < -0.39 is 5.54 Å². The van der Waals surface area contributed by atoms with Crippen LogP contribution in [0.2, 0.25) is 0 Å². The molecular formula is C17H33NO3. The van der Waals surface area contributed by atoms with Gasteiger partial charge in [-0.05, 0) is 51.4 Å². The van der Waals surface area contributed by atoms with Crippen LogP contribution < -0.4 is 5.32 Å². The smallest absolute Gasteiger partial charge is 0.325 e. The maximum absolute atomic E-state index is 12.0. The minimum atomic E-state index is -0.536. The molecule has 0 bridgehead atoms. The van der Waals surface area contributed by atoms with Crippen molar-refractivity contribution in [2.45, 2.75) is 77.3 Å². The first kappa shape index (κ1) is 18.4. The second kappa shape index (κ2) is 9.42. The third kappa shape index (κ3) is 7.28. The molecule has 0 aromatic rings. The van der Waals surface area contributed by atoms with Crippen molar-refractivity contribution >= 4 is 5.97 Å². The fraction of sp³-hybridized carbons (Fsp3) is 0.941. The zero-order valence-electron chi connectivity index (χ0n) is 14.2. The van der Waals surface area contributed by atoms with Gasteiger partial charge < -0.3 is 9.47 Å². The molecule has 4 heteroatoms. The fourth-order valence-corrected chi connectivity index (χ4v) is 2.68. The Morgan fingerprint density at radius 3 is 2.67 bits per heavy atom. The van der Waals surface area contributed by atoms with Crippen molar-refractivity contribution in [1.29, 1.82) is 0 Å². The molecule has 21 heavy (non-hydrogen) atoms. The molecule has 1 aliphatic rings. The molecule has 0 saturated heterocycles. The van der Waals surface area contributed by atoms with Crippen LogP contribution in [0.5, 0.6) is 0 Å². The fourth-order valence-electron chi connectivity index (χ4n) is 2.68. The predicted molar refractivity (Wildman–Crippen MR) is 85.3 cm³/mol. The van der Waals surface area contributed by atoms with Crippen molar-refractivity contribution in [3.05, 3.63) is 0 Å². The Morgan fingerprint density at radius 2 is 2.10 bits per heavy atom. The maximum Gasteiger partial charge on any atom is 0.325 e. The van der Waals surface area contributed by atoms with Gasteiger partial charge in [0.25, 0.3) is 0 Å². The molecule has 1 rings (SSSR count). The van der Waals surface area contributed by atoms with Gasteiger partial charge >= 0.3 is 5.97 Å². The molecule has 0 aliphatic heterocycles. The Balaban J connectivity index is 2.16. The third-order valence-corrected chi connectivity index (χ3v) is 4.14. The molecule has 1 aliphatic carbocycles. The predicted octanol–water partition coefficient (Wildman–Crippen LogP) is 3.29. The summed E-state index contributed by atoms with van der Waals surface area (Å²) in [5.41, 5.74) is -0.536. The maximum atomic E-state index is 12.0. The van der Waals surface area contributed by atoms with Gasteiger partial charge in [0.1, 0.15) is 5.54 Å². The molecule has 1 N–H and O–H groups in total. The van der Waals surface area contributed by atoms with Gasteiger partial charge in [-0.2, -0.15) is 0 Å². The molecule has 0 heterocycles. The first-order chi connectivity index (χ1) is 10.0. The summed E-state index contributed by atoms with van der Waals surface area (Å²) in [6.07, 6.45) is 7.58. The average molecular weight is 299 g/mol. The lowest BCUT2D eigenvalue weighted by Gasteiger charge is -2.28. The zero-order valence-corrected chi connectivity index (χ0v) is 14.2. The summed E-state index contributed by atoms with van der Waals surface area (Å²) in [7, 11) is 1.47. The lowest BCUT2D eigenvalue weighted by atomic mass is 9.94. The SMILES string of the molecule is CCCC(C)COCCCCC(C)(NC1CC1)C(=O)OC. The zero-order chi connectivity index (χ0) is 15.7. The molecule has 0 radical (unpaired) electrons. The van der Waals surface area contributed by atoms with Crippen LogP contribution in [-0.4, -0.2) is 37.9 Å². The van der Waals surface area contributed by atoms with E-state index in [0.29, 0.717) is 12.0 Å². The molecule has 4 nitrogen and oxygen atoms in total. The molecule has 2 atom stereocenters. The summed E-state index contributed by atoms with van der Waals surface area (Å²) in [5, 5.41) is 3.43. The highest BCUT2D eigenvalue weighted by atomic mass is 16.5. The molecule has 1 fully saturated rings. The van der Waals surface area contributed by atoms with E-state index in [2.05, 4.69) is 19.2 Å². The van der Waals surface area contributed by atoms with Crippen molar-refractivity contribution in [2.75, 3.05) is 20.3 Å². The van der Waals surface area contributed by atoms with Crippen molar-refractivity contribution in [3.8, 4) is 0 Å². The highest BCUT2D eigenvalue weighted by Crippen LogP contribution is 2.26. The number of carbonyl (C=O) groups excluding carboxylic acids is 1. The summed E-state index contributed by atoms with van der Waals surface area (Å²) in [6.45, 7) is 8.03. The number of unbranched alkanes of at least 4 members (excludes halogenated alkanes) is 1. The summed E-state index contributed by atoms with van der Waals surface area (Å²) in [6, 6.07) is 0.500. The van der Waals surface area contributed by atoms with Crippen LogP contribution >= 0.6 is 0 Å². The highest BCUT2D eigenvalue weighted by molar-refractivity contribution is 5.80. The molecular weight excluding hydrogens is 266 g/mol. The minimum Gasteiger partial charge on any atom is -0.468 e. The van der Waals surface area contributed by atoms with E-state index in [9.17, 15) is 4.79 Å². The van der Waals surface area contributed by atoms with Crippen LogP contribution in [0.3, 0.4) is 0 Å². The van der Waals surface area contributed by atoms with Crippen molar-refractivity contribution in [3.63, 3.8) is 0 Å². The molecule has 0 spiro atoms. The quantitative estimate of drug-likeness (QED) is 0.444. The van der Waals surface area contributed by atoms with E-state index in [1.54, 1.807) is 0 Å². The molecule has 0 amide bonds. The first-order valence-electron chi connectivity index (χ1n) is 8.45. The lowest BCUT2D eigenvalue weighted by molar-refractivity contribution is -0.148.